The minimum absolute atomic E-state index is 0.0446. The van der Waals surface area contributed by atoms with E-state index in [9.17, 15) is 13.2 Å². The number of hydrogen-bond donors (Lipinski definition) is 1. The second kappa shape index (κ2) is 11.0. The van der Waals surface area contributed by atoms with Crippen LogP contribution in [0, 0.1) is 0 Å². The molecule has 1 amide bonds. The van der Waals surface area contributed by atoms with Gasteiger partial charge in [0.2, 0.25) is 5.91 Å². The Bertz CT molecular complexity index is 1420. The van der Waals surface area contributed by atoms with Gasteiger partial charge in [-0.1, -0.05) is 77.8 Å². The first kappa shape index (κ1) is 24.9. The van der Waals surface area contributed by atoms with Gasteiger partial charge in [0.15, 0.2) is 0 Å². The van der Waals surface area contributed by atoms with Crippen LogP contribution in [0.3, 0.4) is 0 Å². The van der Waals surface area contributed by atoms with Gasteiger partial charge >= 0.3 is 0 Å². The van der Waals surface area contributed by atoms with E-state index in [4.69, 9.17) is 27.9 Å². The maximum atomic E-state index is 13.4. The smallest absolute Gasteiger partial charge is 0.264 e. The van der Waals surface area contributed by atoms with Crippen LogP contribution in [0.2, 0.25) is 10.0 Å². The molecule has 0 fully saturated rings. The van der Waals surface area contributed by atoms with E-state index in [1.54, 1.807) is 18.2 Å². The molecule has 0 aliphatic heterocycles. The molecule has 180 valence electrons. The van der Waals surface area contributed by atoms with Gasteiger partial charge in [0.05, 0.1) is 17.1 Å². The van der Waals surface area contributed by atoms with E-state index in [0.29, 0.717) is 5.75 Å². The lowest BCUT2D eigenvalue weighted by Crippen LogP contribution is -2.42. The Morgan fingerprint density at radius 2 is 1.51 bits per heavy atom. The van der Waals surface area contributed by atoms with Gasteiger partial charge in [0, 0.05) is 15.4 Å². The van der Waals surface area contributed by atoms with Crippen LogP contribution in [0.4, 0.5) is 5.69 Å². The van der Waals surface area contributed by atoms with Gasteiger partial charge in [0.25, 0.3) is 10.0 Å². The molecule has 0 aromatic heterocycles. The molecule has 6 nitrogen and oxygen atoms in total. The third-order valence-electron chi connectivity index (χ3n) is 5.19. The summed E-state index contributed by atoms with van der Waals surface area (Å²) in [7, 11) is -4.06. The van der Waals surface area contributed by atoms with Crippen molar-refractivity contribution in [3.05, 3.63) is 101 Å². The number of anilines is 1. The van der Waals surface area contributed by atoms with Gasteiger partial charge < -0.3 is 10.1 Å². The molecule has 4 aromatic rings. The molecule has 0 bridgehead atoms. The summed E-state index contributed by atoms with van der Waals surface area (Å²) in [6.07, 6.45) is 0. The third kappa shape index (κ3) is 6.06. The Hall–Kier alpha value is -3.26. The molecule has 35 heavy (non-hydrogen) atoms. The van der Waals surface area contributed by atoms with E-state index < -0.39 is 22.5 Å². The van der Waals surface area contributed by atoms with Gasteiger partial charge in [-0.15, -0.1) is 0 Å². The number of nitrogens with one attached hydrogen (secondary N) is 1. The van der Waals surface area contributed by atoms with Crippen LogP contribution in [-0.2, 0) is 14.8 Å². The predicted octanol–water partition coefficient (Wildman–Crippen LogP) is 5.54. The van der Waals surface area contributed by atoms with E-state index in [-0.39, 0.29) is 33.8 Å². The maximum absolute atomic E-state index is 13.4. The topological polar surface area (TPSA) is 75.7 Å². The van der Waals surface area contributed by atoms with Gasteiger partial charge in [-0.05, 0) is 41.8 Å². The zero-order chi connectivity index (χ0) is 24.8. The zero-order valence-electron chi connectivity index (χ0n) is 18.5. The number of benzene rings is 4. The summed E-state index contributed by atoms with van der Waals surface area (Å²) in [6.45, 7) is -0.0477. The van der Waals surface area contributed by atoms with Crippen molar-refractivity contribution in [1.82, 2.24) is 5.32 Å². The Balaban J connectivity index is 1.46. The Morgan fingerprint density at radius 1 is 0.857 bits per heavy atom. The number of sulfonamides is 1. The van der Waals surface area contributed by atoms with E-state index in [1.807, 2.05) is 42.5 Å². The van der Waals surface area contributed by atoms with Gasteiger partial charge in [0.1, 0.15) is 18.9 Å². The highest BCUT2D eigenvalue weighted by atomic mass is 35.5. The zero-order valence-corrected chi connectivity index (χ0v) is 20.9. The Kier molecular flexibility index (Phi) is 7.80. The quantitative estimate of drug-likeness (QED) is 0.289. The molecule has 0 spiro atoms. The van der Waals surface area contributed by atoms with Crippen molar-refractivity contribution in [3.63, 3.8) is 0 Å². The number of amides is 1. The first-order valence-electron chi connectivity index (χ1n) is 10.8. The SMILES string of the molecule is O=C(CN(c1cc(Cl)cc(Cl)c1)S(=O)(=O)c1ccccc1)NCCOc1cccc2ccccc12. The van der Waals surface area contributed by atoms with E-state index in [1.165, 1.54) is 30.3 Å². The number of ether oxygens (including phenoxy) is 1. The molecular weight excluding hydrogens is 507 g/mol. The van der Waals surface area contributed by atoms with Gasteiger partial charge in [-0.3, -0.25) is 9.10 Å². The van der Waals surface area contributed by atoms with Crippen molar-refractivity contribution in [3.8, 4) is 5.75 Å². The molecule has 0 saturated heterocycles. The lowest BCUT2D eigenvalue weighted by atomic mass is 10.1. The first-order chi connectivity index (χ1) is 16.8. The average Bonchev–Trinajstić information content (AvgIpc) is 2.85. The van der Waals surface area contributed by atoms with Crippen LogP contribution in [0.1, 0.15) is 0 Å². The number of rotatable bonds is 9. The maximum Gasteiger partial charge on any atom is 0.264 e. The Labute approximate surface area is 214 Å². The second-order valence-electron chi connectivity index (χ2n) is 7.63. The summed E-state index contributed by atoms with van der Waals surface area (Å²) in [4.78, 5) is 12.8. The largest absolute Gasteiger partial charge is 0.491 e. The van der Waals surface area contributed by atoms with Crippen LogP contribution in [-0.4, -0.2) is 34.0 Å². The van der Waals surface area contributed by atoms with Gasteiger partial charge in [-0.25, -0.2) is 8.42 Å². The minimum Gasteiger partial charge on any atom is -0.491 e. The summed E-state index contributed by atoms with van der Waals surface area (Å²) in [5, 5.41) is 5.25. The van der Waals surface area contributed by atoms with Gasteiger partial charge in [-0.2, -0.15) is 0 Å². The molecule has 4 rings (SSSR count). The van der Waals surface area contributed by atoms with Crippen LogP contribution in [0.15, 0.2) is 95.9 Å². The molecule has 0 heterocycles. The van der Waals surface area contributed by atoms with Crippen molar-refractivity contribution >= 4 is 55.6 Å². The molecule has 1 N–H and O–H groups in total. The van der Waals surface area contributed by atoms with Crippen molar-refractivity contribution in [1.29, 1.82) is 0 Å². The summed E-state index contributed by atoms with van der Waals surface area (Å²) in [5.41, 5.74) is 0.188. The van der Waals surface area contributed by atoms with Crippen molar-refractivity contribution in [2.45, 2.75) is 4.90 Å². The van der Waals surface area contributed by atoms with Crippen LogP contribution >= 0.6 is 23.2 Å². The molecular formula is C26H22Cl2N2O4S. The summed E-state index contributed by atoms with van der Waals surface area (Å²) < 4.78 is 33.6. The number of nitrogens with zero attached hydrogens (tertiary/aromatic N) is 1. The normalized spacial score (nSPS) is 11.3. The monoisotopic (exact) mass is 528 g/mol. The number of fused-ring (bicyclic) bond motifs is 1. The van der Waals surface area contributed by atoms with Crippen LogP contribution in [0.5, 0.6) is 5.75 Å². The fraction of sp³-hybridized carbons (Fsp3) is 0.115. The molecule has 0 radical (unpaired) electrons. The lowest BCUT2D eigenvalue weighted by Gasteiger charge is -2.24. The number of carbonyl (C=O) groups is 1. The highest BCUT2D eigenvalue weighted by Crippen LogP contribution is 2.29. The van der Waals surface area contributed by atoms with Crippen molar-refractivity contribution in [2.24, 2.45) is 0 Å². The standard InChI is InChI=1S/C26H22Cl2N2O4S/c27-20-15-21(28)17-22(16-20)30(35(32,33)23-9-2-1-3-10-23)18-26(31)29-13-14-34-25-12-6-8-19-7-4-5-11-24(19)25/h1-12,15-17H,13-14,18H2,(H,29,31). The highest BCUT2D eigenvalue weighted by Gasteiger charge is 2.27. The summed E-state index contributed by atoms with van der Waals surface area (Å²) >= 11 is 12.2. The molecule has 9 heteroatoms. The predicted molar refractivity (Wildman–Crippen MR) is 140 cm³/mol. The van der Waals surface area contributed by atoms with Crippen LogP contribution < -0.4 is 14.4 Å². The molecule has 0 unspecified atom stereocenters. The number of carbonyl (C=O) groups excluding carboxylic acids is 1. The minimum atomic E-state index is -4.06. The molecule has 0 atom stereocenters. The number of hydrogen-bond acceptors (Lipinski definition) is 4. The van der Waals surface area contributed by atoms with Crippen LogP contribution in [0.25, 0.3) is 10.8 Å². The van der Waals surface area contributed by atoms with E-state index >= 15 is 0 Å². The van der Waals surface area contributed by atoms with E-state index in [2.05, 4.69) is 5.32 Å². The molecule has 4 aromatic carbocycles. The fourth-order valence-electron chi connectivity index (χ4n) is 3.58. The second-order valence-corrected chi connectivity index (χ2v) is 10.4. The highest BCUT2D eigenvalue weighted by molar-refractivity contribution is 7.92. The first-order valence-corrected chi connectivity index (χ1v) is 13.0. The third-order valence-corrected chi connectivity index (χ3v) is 7.41. The lowest BCUT2D eigenvalue weighted by molar-refractivity contribution is -0.119. The summed E-state index contributed by atoms with van der Waals surface area (Å²) in [6, 6.07) is 25.8. The summed E-state index contributed by atoms with van der Waals surface area (Å²) in [5.74, 6) is 0.210. The number of halogens is 2. The van der Waals surface area contributed by atoms with Crippen molar-refractivity contribution < 1.29 is 17.9 Å². The molecule has 0 aliphatic rings. The van der Waals surface area contributed by atoms with E-state index in [0.717, 1.165) is 15.1 Å². The average molecular weight is 529 g/mol. The van der Waals surface area contributed by atoms with Crippen molar-refractivity contribution in [2.75, 3.05) is 24.0 Å². The molecule has 0 aliphatic carbocycles. The fourth-order valence-corrected chi connectivity index (χ4v) is 5.52. The Morgan fingerprint density at radius 3 is 2.26 bits per heavy atom. The molecule has 0 saturated carbocycles.